The summed E-state index contributed by atoms with van der Waals surface area (Å²) in [5, 5.41) is 11.7. The third-order valence-corrected chi connectivity index (χ3v) is 2.45. The molecule has 1 unspecified atom stereocenters. The van der Waals surface area contributed by atoms with Crippen molar-refractivity contribution in [3.63, 3.8) is 0 Å². The van der Waals surface area contributed by atoms with Crippen molar-refractivity contribution in [1.82, 2.24) is 0 Å². The van der Waals surface area contributed by atoms with Crippen LogP contribution in [-0.4, -0.2) is 33.6 Å². The summed E-state index contributed by atoms with van der Waals surface area (Å²) in [6, 6.07) is 6.23. The first kappa shape index (κ1) is 17.4. The van der Waals surface area contributed by atoms with Crippen LogP contribution < -0.4 is 34.7 Å². The van der Waals surface area contributed by atoms with E-state index in [-0.39, 0.29) is 35.3 Å². The van der Waals surface area contributed by atoms with Gasteiger partial charge in [-0.25, -0.2) is 0 Å². The molecule has 0 heterocycles. The standard InChI is InChI=1S/C12H16O5.Na/c1-15-11(14)10(12(16-2)17-3)8-6-4-5-7-9(8)13;/h4-7,10,12-13H,1-3H3;/q;+1/p-1. The summed E-state index contributed by atoms with van der Waals surface area (Å²) in [6.45, 7) is 0. The summed E-state index contributed by atoms with van der Waals surface area (Å²) in [4.78, 5) is 11.7. The van der Waals surface area contributed by atoms with Crippen LogP contribution in [0.25, 0.3) is 0 Å². The van der Waals surface area contributed by atoms with Crippen molar-refractivity contribution in [2.24, 2.45) is 0 Å². The molecule has 6 heteroatoms. The van der Waals surface area contributed by atoms with Gasteiger partial charge in [-0.05, 0) is 5.56 Å². The van der Waals surface area contributed by atoms with Gasteiger partial charge in [0, 0.05) is 14.2 Å². The molecule has 0 aliphatic carbocycles. The second-order valence-corrected chi connectivity index (χ2v) is 3.38. The molecule has 1 atom stereocenters. The molecule has 0 spiro atoms. The van der Waals surface area contributed by atoms with Gasteiger partial charge in [0.1, 0.15) is 5.92 Å². The maximum atomic E-state index is 11.7. The Morgan fingerprint density at radius 2 is 1.72 bits per heavy atom. The smallest absolute Gasteiger partial charge is 0.872 e. The quantitative estimate of drug-likeness (QED) is 0.337. The minimum atomic E-state index is -0.885. The Kier molecular flexibility index (Phi) is 8.22. The zero-order valence-electron chi connectivity index (χ0n) is 11.0. The van der Waals surface area contributed by atoms with E-state index in [1.165, 1.54) is 27.4 Å². The molecule has 94 valence electrons. The molecule has 0 aliphatic rings. The second kappa shape index (κ2) is 8.50. The second-order valence-electron chi connectivity index (χ2n) is 3.38. The Hall–Kier alpha value is -0.590. The molecule has 0 fully saturated rings. The van der Waals surface area contributed by atoms with Crippen molar-refractivity contribution < 1.29 is 53.7 Å². The topological polar surface area (TPSA) is 67.8 Å². The predicted octanol–water partition coefficient (Wildman–Crippen LogP) is -2.36. The number of hydrogen-bond acceptors (Lipinski definition) is 5. The van der Waals surface area contributed by atoms with E-state index >= 15 is 0 Å². The van der Waals surface area contributed by atoms with Crippen molar-refractivity contribution in [3.8, 4) is 5.75 Å². The van der Waals surface area contributed by atoms with Crippen molar-refractivity contribution in [2.45, 2.75) is 12.2 Å². The molecule has 1 aromatic carbocycles. The third kappa shape index (κ3) is 3.96. The number of esters is 1. The zero-order chi connectivity index (χ0) is 12.8. The predicted molar refractivity (Wildman–Crippen MR) is 58.5 cm³/mol. The van der Waals surface area contributed by atoms with Crippen molar-refractivity contribution >= 4 is 5.97 Å². The Balaban J connectivity index is 0.00000289. The fourth-order valence-electron chi connectivity index (χ4n) is 1.62. The summed E-state index contributed by atoms with van der Waals surface area (Å²) in [5.41, 5.74) is 0.299. The van der Waals surface area contributed by atoms with Crippen LogP contribution in [-0.2, 0) is 19.0 Å². The molecule has 18 heavy (non-hydrogen) atoms. The van der Waals surface area contributed by atoms with E-state index in [9.17, 15) is 9.90 Å². The maximum absolute atomic E-state index is 11.7. The number of carbonyl (C=O) groups is 1. The van der Waals surface area contributed by atoms with Crippen LogP contribution in [0, 0.1) is 0 Å². The maximum Gasteiger partial charge on any atom is 1.00 e. The molecule has 0 saturated carbocycles. The van der Waals surface area contributed by atoms with Crippen LogP contribution in [0.15, 0.2) is 24.3 Å². The first-order valence-electron chi connectivity index (χ1n) is 5.05. The monoisotopic (exact) mass is 262 g/mol. The van der Waals surface area contributed by atoms with Crippen molar-refractivity contribution in [2.75, 3.05) is 21.3 Å². The zero-order valence-corrected chi connectivity index (χ0v) is 13.0. The molecule has 0 aliphatic heterocycles. The van der Waals surface area contributed by atoms with E-state index in [1.807, 2.05) is 0 Å². The fraction of sp³-hybridized carbons (Fsp3) is 0.417. The van der Waals surface area contributed by atoms with Gasteiger partial charge in [-0.15, -0.1) is 5.75 Å². The summed E-state index contributed by atoms with van der Waals surface area (Å²) >= 11 is 0. The number of hydrogen-bond donors (Lipinski definition) is 0. The first-order valence-corrected chi connectivity index (χ1v) is 5.05. The molecule has 0 aromatic heterocycles. The molecular formula is C12H15NaO5. The van der Waals surface area contributed by atoms with Gasteiger partial charge in [-0.1, -0.05) is 24.3 Å². The van der Waals surface area contributed by atoms with Crippen LogP contribution >= 0.6 is 0 Å². The third-order valence-electron chi connectivity index (χ3n) is 2.45. The van der Waals surface area contributed by atoms with Gasteiger partial charge in [0.2, 0.25) is 0 Å². The molecule has 0 bridgehead atoms. The van der Waals surface area contributed by atoms with Crippen LogP contribution in [0.3, 0.4) is 0 Å². The normalized spacial score (nSPS) is 11.8. The summed E-state index contributed by atoms with van der Waals surface area (Å²) < 4.78 is 14.7. The molecule has 0 N–H and O–H groups in total. The number of para-hydroxylation sites is 1. The Morgan fingerprint density at radius 1 is 1.17 bits per heavy atom. The van der Waals surface area contributed by atoms with E-state index in [0.29, 0.717) is 5.56 Å². The minimum absolute atomic E-state index is 0. The van der Waals surface area contributed by atoms with Crippen molar-refractivity contribution in [1.29, 1.82) is 0 Å². The Bertz CT molecular complexity index is 378. The van der Waals surface area contributed by atoms with E-state index < -0.39 is 18.2 Å². The number of carbonyl (C=O) groups excluding carboxylic acids is 1. The first-order chi connectivity index (χ1) is 8.15. The summed E-state index contributed by atoms with van der Waals surface area (Å²) in [6.07, 6.45) is -0.849. The molecule has 5 nitrogen and oxygen atoms in total. The van der Waals surface area contributed by atoms with Gasteiger partial charge in [0.05, 0.1) is 7.11 Å². The van der Waals surface area contributed by atoms with Crippen LogP contribution in [0.4, 0.5) is 0 Å². The number of rotatable bonds is 5. The number of benzene rings is 1. The average molecular weight is 262 g/mol. The van der Waals surface area contributed by atoms with Crippen LogP contribution in [0.5, 0.6) is 5.75 Å². The van der Waals surface area contributed by atoms with Gasteiger partial charge in [0.25, 0.3) is 0 Å². The van der Waals surface area contributed by atoms with E-state index in [0.717, 1.165) is 0 Å². The SMILES string of the molecule is COC(=O)C(c1ccccc1[O-])C(OC)OC.[Na+]. The molecular weight excluding hydrogens is 247 g/mol. The van der Waals surface area contributed by atoms with Crippen molar-refractivity contribution in [3.05, 3.63) is 29.8 Å². The molecule has 1 aromatic rings. The Labute approximate surface area is 128 Å². The largest absolute Gasteiger partial charge is 1.00 e. The summed E-state index contributed by atoms with van der Waals surface area (Å²) in [7, 11) is 4.06. The van der Waals surface area contributed by atoms with E-state index in [4.69, 9.17) is 9.47 Å². The minimum Gasteiger partial charge on any atom is -0.872 e. The molecule has 1 rings (SSSR count). The van der Waals surface area contributed by atoms with Crippen LogP contribution in [0.1, 0.15) is 11.5 Å². The number of methoxy groups -OCH3 is 3. The molecule has 0 saturated heterocycles. The van der Waals surface area contributed by atoms with E-state index in [1.54, 1.807) is 18.2 Å². The van der Waals surface area contributed by atoms with Gasteiger partial charge in [-0.2, -0.15) is 0 Å². The van der Waals surface area contributed by atoms with Gasteiger partial charge in [0.15, 0.2) is 6.29 Å². The fourth-order valence-corrected chi connectivity index (χ4v) is 1.62. The molecule has 0 amide bonds. The summed E-state index contributed by atoms with van der Waals surface area (Å²) in [5.74, 6) is -1.70. The van der Waals surface area contributed by atoms with Crippen LogP contribution in [0.2, 0.25) is 0 Å². The van der Waals surface area contributed by atoms with Gasteiger partial charge < -0.3 is 19.3 Å². The Morgan fingerprint density at radius 3 is 2.17 bits per heavy atom. The van der Waals surface area contributed by atoms with E-state index in [2.05, 4.69) is 4.74 Å². The van der Waals surface area contributed by atoms with Gasteiger partial charge >= 0.3 is 35.5 Å². The average Bonchev–Trinajstić information content (AvgIpc) is 2.36. The number of ether oxygens (including phenoxy) is 3. The molecule has 0 radical (unpaired) electrons. The van der Waals surface area contributed by atoms with Gasteiger partial charge in [-0.3, -0.25) is 4.79 Å².